The maximum atomic E-state index is 10.8. The number of phenolic OH excluding ortho intramolecular Hbond substituents is 1. The van der Waals surface area contributed by atoms with Crippen molar-refractivity contribution < 1.29 is 10.0 Å². The summed E-state index contributed by atoms with van der Waals surface area (Å²) in [7, 11) is 0. The van der Waals surface area contributed by atoms with Crippen molar-refractivity contribution in [3.05, 3.63) is 62.1 Å². The zero-order chi connectivity index (χ0) is 14.7. The molecule has 0 aliphatic heterocycles. The molecule has 0 radical (unpaired) electrons. The van der Waals surface area contributed by atoms with Gasteiger partial charge in [-0.1, -0.05) is 33.6 Å². The molecule has 2 aromatic rings. The number of phenols is 1. The molecule has 0 fully saturated rings. The van der Waals surface area contributed by atoms with Crippen LogP contribution in [-0.4, -0.2) is 16.2 Å². The molecule has 0 aliphatic carbocycles. The number of aromatic hydroxyl groups is 1. The molecule has 2 aromatic carbocycles. The smallest absolute Gasteiger partial charge is 0.312 e. The summed E-state index contributed by atoms with van der Waals surface area (Å²) >= 11 is 3.17. The molecule has 0 atom stereocenters. The van der Waals surface area contributed by atoms with Crippen LogP contribution in [0.1, 0.15) is 11.1 Å². The minimum absolute atomic E-state index is 0.284. The maximum absolute atomic E-state index is 10.8. The molecule has 6 heteroatoms. The van der Waals surface area contributed by atoms with Gasteiger partial charge in [-0.2, -0.15) is 0 Å². The van der Waals surface area contributed by atoms with Crippen molar-refractivity contribution in [3.8, 4) is 5.75 Å². The Balaban J connectivity index is 2.38. The quantitative estimate of drug-likeness (QED) is 0.521. The lowest BCUT2D eigenvalue weighted by Gasteiger charge is -2.01. The molecule has 102 valence electrons. The van der Waals surface area contributed by atoms with E-state index in [0.717, 1.165) is 5.56 Å². The minimum Gasteiger partial charge on any atom is -0.502 e. The SMILES string of the molecule is Cc1ccc(N=Cc2cc(Br)cc([N+](=O)[O-])c2O)cc1. The van der Waals surface area contributed by atoms with Crippen molar-refractivity contribution in [3.63, 3.8) is 0 Å². The third kappa shape index (κ3) is 3.21. The average Bonchev–Trinajstić information content (AvgIpc) is 2.41. The third-order valence-electron chi connectivity index (χ3n) is 2.67. The molecule has 0 saturated carbocycles. The van der Waals surface area contributed by atoms with Crippen LogP contribution in [0, 0.1) is 17.0 Å². The summed E-state index contributed by atoms with van der Waals surface area (Å²) in [6.07, 6.45) is 1.40. The summed E-state index contributed by atoms with van der Waals surface area (Å²) < 4.78 is 0.507. The molecule has 0 aromatic heterocycles. The molecule has 0 bridgehead atoms. The summed E-state index contributed by atoms with van der Waals surface area (Å²) in [5, 5.41) is 20.7. The number of nitro benzene ring substituents is 1. The van der Waals surface area contributed by atoms with Crippen LogP contribution in [0.4, 0.5) is 11.4 Å². The van der Waals surface area contributed by atoms with Crippen LogP contribution < -0.4 is 0 Å². The van der Waals surface area contributed by atoms with Gasteiger partial charge in [0.15, 0.2) is 0 Å². The van der Waals surface area contributed by atoms with E-state index in [1.807, 2.05) is 31.2 Å². The Morgan fingerprint density at radius 2 is 1.95 bits per heavy atom. The lowest BCUT2D eigenvalue weighted by atomic mass is 10.2. The predicted molar refractivity (Wildman–Crippen MR) is 80.9 cm³/mol. The van der Waals surface area contributed by atoms with Crippen molar-refractivity contribution in [1.29, 1.82) is 0 Å². The van der Waals surface area contributed by atoms with Crippen molar-refractivity contribution in [2.24, 2.45) is 4.99 Å². The van der Waals surface area contributed by atoms with Gasteiger partial charge in [0.05, 0.1) is 10.6 Å². The lowest BCUT2D eigenvalue weighted by Crippen LogP contribution is -1.92. The second kappa shape index (κ2) is 5.83. The third-order valence-corrected chi connectivity index (χ3v) is 3.13. The van der Waals surface area contributed by atoms with Crippen molar-refractivity contribution in [2.75, 3.05) is 0 Å². The fourth-order valence-corrected chi connectivity index (χ4v) is 2.08. The standard InChI is InChI=1S/C14H11BrN2O3/c1-9-2-4-12(5-3-9)16-8-10-6-11(15)7-13(14(10)18)17(19)20/h2-8,18H,1H3. The van der Waals surface area contributed by atoms with E-state index in [1.165, 1.54) is 12.3 Å². The predicted octanol–water partition coefficient (Wildman–Crippen LogP) is 4.12. The Labute approximate surface area is 123 Å². The fourth-order valence-electron chi connectivity index (χ4n) is 1.62. The molecule has 20 heavy (non-hydrogen) atoms. The summed E-state index contributed by atoms with van der Waals surface area (Å²) in [5.41, 5.74) is 1.75. The minimum atomic E-state index is -0.636. The first-order chi connectivity index (χ1) is 9.47. The molecule has 1 N–H and O–H groups in total. The molecule has 0 amide bonds. The number of benzene rings is 2. The van der Waals surface area contributed by atoms with Gasteiger partial charge in [-0.3, -0.25) is 15.1 Å². The van der Waals surface area contributed by atoms with E-state index < -0.39 is 10.7 Å². The number of nitro groups is 1. The Morgan fingerprint density at radius 3 is 2.55 bits per heavy atom. The van der Waals surface area contributed by atoms with Crippen LogP contribution in [0.15, 0.2) is 45.9 Å². The van der Waals surface area contributed by atoms with Crippen LogP contribution in [0.5, 0.6) is 5.75 Å². The van der Waals surface area contributed by atoms with Crippen molar-refractivity contribution in [2.45, 2.75) is 6.92 Å². The highest BCUT2D eigenvalue weighted by Gasteiger charge is 2.17. The first-order valence-corrected chi connectivity index (χ1v) is 6.54. The fraction of sp³-hybridized carbons (Fsp3) is 0.0714. The topological polar surface area (TPSA) is 75.7 Å². The second-order valence-electron chi connectivity index (χ2n) is 4.21. The Hall–Kier alpha value is -2.21. The monoisotopic (exact) mass is 334 g/mol. The van der Waals surface area contributed by atoms with E-state index >= 15 is 0 Å². The number of hydrogen-bond acceptors (Lipinski definition) is 4. The van der Waals surface area contributed by atoms with Crippen LogP contribution in [0.3, 0.4) is 0 Å². The second-order valence-corrected chi connectivity index (χ2v) is 5.13. The van der Waals surface area contributed by atoms with Gasteiger partial charge in [-0.25, -0.2) is 0 Å². The zero-order valence-corrected chi connectivity index (χ0v) is 12.2. The molecule has 0 aliphatic rings. The Bertz CT molecular complexity index is 682. The number of nitrogens with zero attached hydrogens (tertiary/aromatic N) is 2. The largest absolute Gasteiger partial charge is 0.502 e. The van der Waals surface area contributed by atoms with E-state index in [-0.39, 0.29) is 11.3 Å². The van der Waals surface area contributed by atoms with Crippen LogP contribution in [-0.2, 0) is 0 Å². The molecule has 0 unspecified atom stereocenters. The number of halogens is 1. The number of rotatable bonds is 3. The van der Waals surface area contributed by atoms with Crippen LogP contribution in [0.25, 0.3) is 0 Å². The van der Waals surface area contributed by atoms with E-state index in [1.54, 1.807) is 6.07 Å². The molecule has 0 saturated heterocycles. The molecule has 5 nitrogen and oxygen atoms in total. The molecular weight excluding hydrogens is 324 g/mol. The molecule has 0 spiro atoms. The van der Waals surface area contributed by atoms with E-state index in [4.69, 9.17) is 0 Å². The van der Waals surface area contributed by atoms with Gasteiger partial charge >= 0.3 is 5.69 Å². The number of hydrogen-bond donors (Lipinski definition) is 1. The van der Waals surface area contributed by atoms with Crippen molar-refractivity contribution in [1.82, 2.24) is 0 Å². The van der Waals surface area contributed by atoms with Crippen LogP contribution in [0.2, 0.25) is 0 Å². The summed E-state index contributed by atoms with van der Waals surface area (Å²) in [6, 6.07) is 10.3. The summed E-state index contributed by atoms with van der Waals surface area (Å²) in [6.45, 7) is 1.97. The maximum Gasteiger partial charge on any atom is 0.312 e. The van der Waals surface area contributed by atoms with Gasteiger partial charge < -0.3 is 5.11 Å². The van der Waals surface area contributed by atoms with Crippen molar-refractivity contribution >= 4 is 33.5 Å². The van der Waals surface area contributed by atoms with Gasteiger partial charge in [0.2, 0.25) is 5.75 Å². The highest BCUT2D eigenvalue weighted by Crippen LogP contribution is 2.32. The average molecular weight is 335 g/mol. The Kier molecular flexibility index (Phi) is 4.14. The van der Waals surface area contributed by atoms with Gasteiger partial charge in [-0.15, -0.1) is 0 Å². The Morgan fingerprint density at radius 1 is 1.30 bits per heavy atom. The van der Waals surface area contributed by atoms with Gasteiger partial charge in [-0.05, 0) is 25.1 Å². The summed E-state index contributed by atoms with van der Waals surface area (Å²) in [5.74, 6) is -0.394. The van der Waals surface area contributed by atoms with E-state index in [0.29, 0.717) is 10.2 Å². The normalized spacial score (nSPS) is 10.9. The first-order valence-electron chi connectivity index (χ1n) is 5.75. The lowest BCUT2D eigenvalue weighted by molar-refractivity contribution is -0.385. The van der Waals surface area contributed by atoms with E-state index in [9.17, 15) is 15.2 Å². The highest BCUT2D eigenvalue weighted by molar-refractivity contribution is 9.10. The van der Waals surface area contributed by atoms with Gasteiger partial charge in [0, 0.05) is 22.3 Å². The van der Waals surface area contributed by atoms with Gasteiger partial charge in [0.1, 0.15) is 0 Å². The number of aliphatic imine (C=N–C) groups is 1. The van der Waals surface area contributed by atoms with Gasteiger partial charge in [0.25, 0.3) is 0 Å². The van der Waals surface area contributed by atoms with E-state index in [2.05, 4.69) is 20.9 Å². The number of aryl methyl sites for hydroxylation is 1. The highest BCUT2D eigenvalue weighted by atomic mass is 79.9. The zero-order valence-electron chi connectivity index (χ0n) is 10.6. The summed E-state index contributed by atoms with van der Waals surface area (Å²) in [4.78, 5) is 14.4. The van der Waals surface area contributed by atoms with Crippen LogP contribution >= 0.6 is 15.9 Å². The first kappa shape index (κ1) is 14.2. The molecule has 0 heterocycles. The molecule has 2 rings (SSSR count). The molecular formula is C14H11BrN2O3.